The fourth-order valence-electron chi connectivity index (χ4n) is 3.80. The van der Waals surface area contributed by atoms with Crippen LogP contribution >= 0.6 is 0 Å². The first-order chi connectivity index (χ1) is 17.9. The molecular formula is C35H29Fe3N. The number of pyridine rings is 1. The molecule has 0 aliphatic heterocycles. The summed E-state index contributed by atoms with van der Waals surface area (Å²) in [5.41, 5.74) is 7.11. The van der Waals surface area contributed by atoms with E-state index in [4.69, 9.17) is 0 Å². The predicted molar refractivity (Wildman–Crippen MR) is 153 cm³/mol. The third-order valence-electron chi connectivity index (χ3n) is 5.48. The third kappa shape index (κ3) is 10.8. The van der Waals surface area contributed by atoms with Crippen molar-refractivity contribution in [2.45, 2.75) is 0 Å². The van der Waals surface area contributed by atoms with Crippen molar-refractivity contribution in [3.63, 3.8) is 0 Å². The normalized spacial score (nSPS) is 8.92. The van der Waals surface area contributed by atoms with Crippen molar-refractivity contribution in [2.24, 2.45) is 0 Å². The van der Waals surface area contributed by atoms with Gasteiger partial charge in [0, 0.05) is 0 Å². The Kier molecular flexibility index (Phi) is 17.2. The minimum Gasteiger partial charge on any atom is -0.323 e. The van der Waals surface area contributed by atoms with Crippen molar-refractivity contribution in [3.05, 3.63) is 176 Å². The quantitative estimate of drug-likeness (QED) is 0.140. The minimum atomic E-state index is 0. The summed E-state index contributed by atoms with van der Waals surface area (Å²) in [5.74, 6) is 0. The number of hydrogen-bond acceptors (Lipinski definition) is 1. The molecule has 0 saturated heterocycles. The number of rotatable bonds is 3. The second kappa shape index (κ2) is 19.8. The van der Waals surface area contributed by atoms with Gasteiger partial charge < -0.3 is 4.98 Å². The van der Waals surface area contributed by atoms with Crippen molar-refractivity contribution >= 4 is 0 Å². The molecular weight excluding hydrogens is 602 g/mol. The molecule has 1 aromatic heterocycles. The Morgan fingerprint density at radius 3 is 1.15 bits per heavy atom. The molecule has 0 atom stereocenters. The topological polar surface area (TPSA) is 12.9 Å². The van der Waals surface area contributed by atoms with Crippen LogP contribution in [0.4, 0.5) is 0 Å². The van der Waals surface area contributed by atoms with Crippen molar-refractivity contribution in [1.29, 1.82) is 0 Å². The van der Waals surface area contributed by atoms with Crippen LogP contribution in [0.2, 0.25) is 0 Å². The maximum atomic E-state index is 4.65. The van der Waals surface area contributed by atoms with Crippen LogP contribution in [0.15, 0.2) is 176 Å². The summed E-state index contributed by atoms with van der Waals surface area (Å²) >= 11 is 0. The molecule has 6 aromatic carbocycles. The van der Waals surface area contributed by atoms with E-state index >= 15 is 0 Å². The summed E-state index contributed by atoms with van der Waals surface area (Å²) in [6.45, 7) is 0. The van der Waals surface area contributed by atoms with Gasteiger partial charge in [-0.3, -0.25) is 0 Å². The van der Waals surface area contributed by atoms with Gasteiger partial charge in [-0.1, -0.05) is 5.69 Å². The monoisotopic (exact) mass is 631 g/mol. The second-order valence-corrected chi connectivity index (χ2v) is 7.99. The van der Waals surface area contributed by atoms with Crippen LogP contribution < -0.4 is 0 Å². The van der Waals surface area contributed by atoms with Crippen LogP contribution in [-0.4, -0.2) is 4.98 Å². The Hall–Kier alpha value is -3.19. The van der Waals surface area contributed by atoms with Crippen molar-refractivity contribution in [2.75, 3.05) is 0 Å². The van der Waals surface area contributed by atoms with Gasteiger partial charge in [-0.15, -0.1) is 47.0 Å². The molecule has 4 heteroatoms. The van der Waals surface area contributed by atoms with Gasteiger partial charge in [0.1, 0.15) is 0 Å². The molecule has 1 nitrogen and oxygen atoms in total. The zero-order valence-corrected chi connectivity index (χ0v) is 24.6. The van der Waals surface area contributed by atoms with E-state index in [9.17, 15) is 0 Å². The van der Waals surface area contributed by atoms with E-state index in [1.54, 1.807) is 0 Å². The maximum Gasteiger partial charge on any atom is 2.00 e. The molecule has 39 heavy (non-hydrogen) atoms. The number of aromatic nitrogens is 1. The van der Waals surface area contributed by atoms with Gasteiger partial charge >= 0.3 is 51.2 Å². The molecule has 0 spiro atoms. The Morgan fingerprint density at radius 1 is 0.436 bits per heavy atom. The summed E-state index contributed by atoms with van der Waals surface area (Å²) in [6, 6.07) is 57.3. The summed E-state index contributed by atoms with van der Waals surface area (Å²) in [7, 11) is 0. The van der Waals surface area contributed by atoms with Crippen molar-refractivity contribution in [3.8, 4) is 33.5 Å². The van der Waals surface area contributed by atoms with E-state index in [1.165, 1.54) is 27.8 Å². The molecule has 0 radical (unpaired) electrons. The van der Waals surface area contributed by atoms with Crippen LogP contribution in [0.3, 0.4) is 0 Å². The van der Waals surface area contributed by atoms with E-state index in [-0.39, 0.29) is 51.2 Å². The third-order valence-corrected chi connectivity index (χ3v) is 5.48. The Balaban J connectivity index is 0.000000346. The van der Waals surface area contributed by atoms with E-state index in [2.05, 4.69) is 83.8 Å². The fraction of sp³-hybridized carbons (Fsp3) is 0. The van der Waals surface area contributed by atoms with Crippen LogP contribution in [0, 0.1) is 0 Å². The second-order valence-electron chi connectivity index (χ2n) is 7.99. The average molecular weight is 631 g/mol. The number of nitrogens with zero attached hydrogens (tertiary/aromatic N) is 1. The molecule has 0 aliphatic carbocycles. The van der Waals surface area contributed by atoms with Gasteiger partial charge in [0.05, 0.1) is 0 Å². The van der Waals surface area contributed by atoms with E-state index < -0.39 is 0 Å². The summed E-state index contributed by atoms with van der Waals surface area (Å²) < 4.78 is 0. The van der Waals surface area contributed by atoms with Crippen LogP contribution in [0.1, 0.15) is 0 Å². The number of hydrogen-bond donors (Lipinski definition) is 0. The SMILES string of the molecule is [Fe+2].[Fe+2].[Fe+2].c1cc[c-](-c2ccnc(-[c-]3cccc3)c2-[c-]2cccc2)c1.c1cc[cH-]c1.c1cc[cH-]c1.c1cc[cH-]c1. The van der Waals surface area contributed by atoms with Crippen molar-refractivity contribution < 1.29 is 51.2 Å². The molecule has 0 aliphatic rings. The van der Waals surface area contributed by atoms with Gasteiger partial charge in [-0.2, -0.15) is 114 Å². The molecule has 198 valence electrons. The largest absolute Gasteiger partial charge is 2.00 e. The maximum absolute atomic E-state index is 4.65. The Bertz CT molecular complexity index is 1220. The minimum absolute atomic E-state index is 0. The van der Waals surface area contributed by atoms with Crippen LogP contribution in [0.25, 0.3) is 33.5 Å². The zero-order valence-electron chi connectivity index (χ0n) is 21.3. The molecule has 1 heterocycles. The summed E-state index contributed by atoms with van der Waals surface area (Å²) in [4.78, 5) is 4.65. The van der Waals surface area contributed by atoms with Crippen LogP contribution in [0.5, 0.6) is 0 Å². The van der Waals surface area contributed by atoms with Gasteiger partial charge in [-0.25, -0.2) is 36.4 Å². The first kappa shape index (κ1) is 33.8. The Labute approximate surface area is 264 Å². The van der Waals surface area contributed by atoms with Crippen molar-refractivity contribution in [1.82, 2.24) is 4.98 Å². The summed E-state index contributed by atoms with van der Waals surface area (Å²) in [5, 5.41) is 0. The van der Waals surface area contributed by atoms with E-state index in [0.717, 1.165) is 5.69 Å². The predicted octanol–water partition coefficient (Wildman–Crippen LogP) is 9.45. The molecule has 7 aromatic rings. The molecule has 0 fully saturated rings. The molecule has 0 saturated carbocycles. The zero-order chi connectivity index (χ0) is 24.7. The van der Waals surface area contributed by atoms with Crippen LogP contribution in [-0.2, 0) is 51.2 Å². The first-order valence-electron chi connectivity index (χ1n) is 12.1. The van der Waals surface area contributed by atoms with E-state index in [0.29, 0.717) is 0 Å². The van der Waals surface area contributed by atoms with Gasteiger partial charge in [0.2, 0.25) is 0 Å². The molecule has 7 rings (SSSR count). The fourth-order valence-corrected chi connectivity index (χ4v) is 3.80. The molecule has 0 unspecified atom stereocenters. The standard InChI is InChI=1S/C20H14N.3C5H5.3Fe/c1-2-8-15(7-1)18-13-14-21-20(17-11-5-6-12-17)19(18)16-9-3-4-10-16;3*1-2-4-5-3-1;;;/h1-14H;3*1-5H;;;/q-3;3*-1;3*+2. The Morgan fingerprint density at radius 2 is 0.795 bits per heavy atom. The molecule has 0 N–H and O–H groups in total. The average Bonchev–Trinajstić information content (AvgIpc) is 3.81. The van der Waals surface area contributed by atoms with Gasteiger partial charge in [0.25, 0.3) is 0 Å². The summed E-state index contributed by atoms with van der Waals surface area (Å²) in [6.07, 6.45) is 1.90. The van der Waals surface area contributed by atoms with Gasteiger partial charge in [-0.05, 0) is 6.20 Å². The van der Waals surface area contributed by atoms with Gasteiger partial charge in [0.15, 0.2) is 0 Å². The molecule has 0 amide bonds. The molecule has 0 bridgehead atoms. The smallest absolute Gasteiger partial charge is 0.323 e. The first-order valence-corrected chi connectivity index (χ1v) is 12.1. The van der Waals surface area contributed by atoms with E-state index in [1.807, 2.05) is 97.2 Å².